The van der Waals surface area contributed by atoms with Gasteiger partial charge in [0, 0.05) is 19.1 Å². The van der Waals surface area contributed by atoms with E-state index in [1.807, 2.05) is 4.90 Å². The highest BCUT2D eigenvalue weighted by atomic mass is 16.4. The fraction of sp³-hybridized carbons (Fsp3) is 0.875. The van der Waals surface area contributed by atoms with Crippen LogP contribution in [0.2, 0.25) is 0 Å². The van der Waals surface area contributed by atoms with Gasteiger partial charge < -0.3 is 15.3 Å². The van der Waals surface area contributed by atoms with E-state index < -0.39 is 11.4 Å². The molecule has 0 spiro atoms. The molecule has 5 nitrogen and oxygen atoms in total. The Morgan fingerprint density at radius 2 is 1.81 bits per heavy atom. The molecule has 1 heterocycles. The second-order valence-electron chi connectivity index (χ2n) is 7.27. The standard InChI is InChI=1S/C16H28N2O3/c1-11-4-6-16(7-5-11,14(19)20)10-17-15(21)18-9-12(2)8-13(18)3/h11-13H,4-10H2,1-3H3,(H,17,21)(H,19,20). The van der Waals surface area contributed by atoms with Crippen LogP contribution in [0.25, 0.3) is 0 Å². The molecule has 21 heavy (non-hydrogen) atoms. The summed E-state index contributed by atoms with van der Waals surface area (Å²) < 4.78 is 0. The van der Waals surface area contributed by atoms with Gasteiger partial charge in [-0.15, -0.1) is 0 Å². The molecule has 120 valence electrons. The summed E-state index contributed by atoms with van der Waals surface area (Å²) in [5.41, 5.74) is -0.767. The Morgan fingerprint density at radius 1 is 1.19 bits per heavy atom. The molecule has 1 aliphatic carbocycles. The number of hydrogen-bond acceptors (Lipinski definition) is 2. The summed E-state index contributed by atoms with van der Waals surface area (Å²) in [5, 5.41) is 12.5. The first-order chi connectivity index (χ1) is 9.84. The largest absolute Gasteiger partial charge is 0.481 e. The van der Waals surface area contributed by atoms with Crippen LogP contribution in [0.15, 0.2) is 0 Å². The molecular weight excluding hydrogens is 268 g/mol. The molecule has 2 unspecified atom stereocenters. The monoisotopic (exact) mass is 296 g/mol. The highest BCUT2D eigenvalue weighted by Gasteiger charge is 2.42. The Kier molecular flexibility index (Phi) is 4.79. The molecule has 2 N–H and O–H groups in total. The van der Waals surface area contributed by atoms with Crippen molar-refractivity contribution >= 4 is 12.0 Å². The van der Waals surface area contributed by atoms with E-state index >= 15 is 0 Å². The Balaban J connectivity index is 1.93. The topological polar surface area (TPSA) is 69.6 Å². The van der Waals surface area contributed by atoms with Crippen molar-refractivity contribution in [2.45, 2.75) is 58.9 Å². The van der Waals surface area contributed by atoms with Crippen molar-refractivity contribution in [1.82, 2.24) is 10.2 Å². The summed E-state index contributed by atoms with van der Waals surface area (Å²) >= 11 is 0. The van der Waals surface area contributed by atoms with Crippen LogP contribution in [0.1, 0.15) is 52.9 Å². The van der Waals surface area contributed by atoms with Crippen LogP contribution >= 0.6 is 0 Å². The maximum absolute atomic E-state index is 12.3. The highest BCUT2D eigenvalue weighted by Crippen LogP contribution is 2.38. The second kappa shape index (κ2) is 6.24. The summed E-state index contributed by atoms with van der Waals surface area (Å²) in [7, 11) is 0. The van der Waals surface area contributed by atoms with Gasteiger partial charge in [-0.25, -0.2) is 4.79 Å². The van der Waals surface area contributed by atoms with E-state index in [4.69, 9.17) is 0 Å². The highest BCUT2D eigenvalue weighted by molar-refractivity contribution is 5.78. The minimum atomic E-state index is -0.767. The number of carbonyl (C=O) groups is 2. The third-order valence-corrected chi connectivity index (χ3v) is 5.31. The summed E-state index contributed by atoms with van der Waals surface area (Å²) in [4.78, 5) is 25.8. The molecule has 1 aliphatic heterocycles. The number of nitrogens with one attached hydrogen (secondary N) is 1. The summed E-state index contributed by atoms with van der Waals surface area (Å²) in [5.74, 6) is 0.347. The van der Waals surface area contributed by atoms with Gasteiger partial charge in [0.2, 0.25) is 0 Å². The van der Waals surface area contributed by atoms with Crippen LogP contribution in [-0.4, -0.2) is 41.1 Å². The Hall–Kier alpha value is -1.26. The smallest absolute Gasteiger partial charge is 0.317 e. The van der Waals surface area contributed by atoms with Crippen molar-refractivity contribution in [2.75, 3.05) is 13.1 Å². The molecule has 1 saturated carbocycles. The van der Waals surface area contributed by atoms with Crippen molar-refractivity contribution < 1.29 is 14.7 Å². The third-order valence-electron chi connectivity index (χ3n) is 5.31. The number of amides is 2. The number of carbonyl (C=O) groups excluding carboxylic acids is 1. The zero-order chi connectivity index (χ0) is 15.6. The van der Waals surface area contributed by atoms with E-state index in [-0.39, 0.29) is 18.6 Å². The Morgan fingerprint density at radius 3 is 2.29 bits per heavy atom. The van der Waals surface area contributed by atoms with Crippen LogP contribution in [0.4, 0.5) is 4.79 Å². The number of aliphatic carboxylic acids is 1. The van der Waals surface area contributed by atoms with Gasteiger partial charge in [0.1, 0.15) is 0 Å². The molecule has 5 heteroatoms. The maximum atomic E-state index is 12.3. The quantitative estimate of drug-likeness (QED) is 0.841. The normalized spacial score (nSPS) is 36.5. The van der Waals surface area contributed by atoms with E-state index in [9.17, 15) is 14.7 Å². The minimum absolute atomic E-state index is 0.105. The molecule has 0 aromatic rings. The molecule has 0 bridgehead atoms. The van der Waals surface area contributed by atoms with Gasteiger partial charge in [0.25, 0.3) is 0 Å². The third kappa shape index (κ3) is 3.50. The molecule has 2 fully saturated rings. The van der Waals surface area contributed by atoms with Gasteiger partial charge in [-0.2, -0.15) is 0 Å². The molecule has 0 aromatic heterocycles. The molecule has 2 atom stereocenters. The molecule has 0 aromatic carbocycles. The first-order valence-corrected chi connectivity index (χ1v) is 8.12. The molecule has 0 radical (unpaired) electrons. The van der Waals surface area contributed by atoms with Gasteiger partial charge in [0.15, 0.2) is 0 Å². The van der Waals surface area contributed by atoms with Crippen LogP contribution in [0.3, 0.4) is 0 Å². The van der Waals surface area contributed by atoms with Gasteiger partial charge in [-0.1, -0.05) is 13.8 Å². The van der Waals surface area contributed by atoms with E-state index in [1.54, 1.807) is 0 Å². The average molecular weight is 296 g/mol. The van der Waals surface area contributed by atoms with Gasteiger partial charge in [-0.3, -0.25) is 4.79 Å². The fourth-order valence-corrected chi connectivity index (χ4v) is 3.71. The number of likely N-dealkylation sites (tertiary alicyclic amines) is 1. The van der Waals surface area contributed by atoms with Crippen molar-refractivity contribution in [3.8, 4) is 0 Å². The molecule has 1 saturated heterocycles. The van der Waals surface area contributed by atoms with E-state index in [2.05, 4.69) is 26.1 Å². The number of rotatable bonds is 3. The number of carboxylic acids is 1. The lowest BCUT2D eigenvalue weighted by Gasteiger charge is -2.36. The SMILES string of the molecule is CC1CCC(CNC(=O)N2CC(C)CC2C)(C(=O)O)CC1. The molecule has 2 rings (SSSR count). The number of nitrogens with zero attached hydrogens (tertiary/aromatic N) is 1. The van der Waals surface area contributed by atoms with E-state index in [0.717, 1.165) is 25.8 Å². The van der Waals surface area contributed by atoms with Gasteiger partial charge in [0.05, 0.1) is 5.41 Å². The predicted octanol–water partition coefficient (Wildman–Crippen LogP) is 2.71. The maximum Gasteiger partial charge on any atom is 0.317 e. The van der Waals surface area contributed by atoms with Crippen molar-refractivity contribution in [2.24, 2.45) is 17.3 Å². The lowest BCUT2D eigenvalue weighted by molar-refractivity contribution is -0.151. The van der Waals surface area contributed by atoms with Crippen molar-refractivity contribution in [1.29, 1.82) is 0 Å². The number of hydrogen-bond donors (Lipinski definition) is 2. The summed E-state index contributed by atoms with van der Waals surface area (Å²) in [6.45, 7) is 7.39. The molecule has 2 amide bonds. The second-order valence-corrected chi connectivity index (χ2v) is 7.27. The van der Waals surface area contributed by atoms with E-state index in [0.29, 0.717) is 24.7 Å². The van der Waals surface area contributed by atoms with Crippen LogP contribution in [0.5, 0.6) is 0 Å². The van der Waals surface area contributed by atoms with Crippen molar-refractivity contribution in [3.63, 3.8) is 0 Å². The first-order valence-electron chi connectivity index (χ1n) is 8.12. The summed E-state index contributed by atoms with van der Waals surface area (Å²) in [6, 6.07) is 0.137. The Bertz CT molecular complexity index is 402. The average Bonchev–Trinajstić information content (AvgIpc) is 2.77. The molecular formula is C16H28N2O3. The number of urea groups is 1. The zero-order valence-electron chi connectivity index (χ0n) is 13.4. The van der Waals surface area contributed by atoms with Gasteiger partial charge >= 0.3 is 12.0 Å². The van der Waals surface area contributed by atoms with E-state index in [1.165, 1.54) is 0 Å². The van der Waals surface area contributed by atoms with Crippen LogP contribution < -0.4 is 5.32 Å². The van der Waals surface area contributed by atoms with Crippen LogP contribution in [0, 0.1) is 17.3 Å². The minimum Gasteiger partial charge on any atom is -0.481 e. The zero-order valence-corrected chi connectivity index (χ0v) is 13.4. The lowest BCUT2D eigenvalue weighted by Crippen LogP contribution is -2.49. The van der Waals surface area contributed by atoms with Crippen LogP contribution in [-0.2, 0) is 4.79 Å². The lowest BCUT2D eigenvalue weighted by atomic mass is 9.71. The fourth-order valence-electron chi connectivity index (χ4n) is 3.71. The molecule has 2 aliphatic rings. The summed E-state index contributed by atoms with van der Waals surface area (Å²) in [6.07, 6.45) is 4.21. The van der Waals surface area contributed by atoms with Crippen molar-refractivity contribution in [3.05, 3.63) is 0 Å². The first kappa shape index (κ1) is 16.1. The predicted molar refractivity (Wildman–Crippen MR) is 81.0 cm³/mol. The Labute approximate surface area is 127 Å². The number of carboxylic acid groups (broad SMARTS) is 1. The van der Waals surface area contributed by atoms with Gasteiger partial charge in [-0.05, 0) is 50.9 Å².